The van der Waals surface area contributed by atoms with E-state index in [4.69, 9.17) is 0 Å². The summed E-state index contributed by atoms with van der Waals surface area (Å²) in [4.78, 5) is 36.8. The fourth-order valence-corrected chi connectivity index (χ4v) is 3.57. The van der Waals surface area contributed by atoms with Gasteiger partial charge in [0.05, 0.1) is 11.7 Å². The Morgan fingerprint density at radius 1 is 1.15 bits per heavy atom. The number of benzene rings is 1. The summed E-state index contributed by atoms with van der Waals surface area (Å²) in [6.07, 6.45) is 0.452. The molecule has 26 heavy (non-hydrogen) atoms. The van der Waals surface area contributed by atoms with Crippen molar-refractivity contribution in [3.63, 3.8) is 0 Å². The lowest BCUT2D eigenvalue weighted by Gasteiger charge is -2.44. The standard InChI is InChI=1S/C20H27FN2O3/c1-10-13-9-19(4,5)20(6,7)18(23-12(3)25)17(26)16(13)15(8-14(10)21)22-11(2)24/h8,18H,9H2,1-7H3,(H,22,24)(H,23,25). The van der Waals surface area contributed by atoms with Gasteiger partial charge in [-0.2, -0.15) is 0 Å². The van der Waals surface area contributed by atoms with E-state index in [0.717, 1.165) is 0 Å². The Hall–Kier alpha value is -2.24. The highest BCUT2D eigenvalue weighted by Crippen LogP contribution is 2.49. The van der Waals surface area contributed by atoms with Crippen molar-refractivity contribution in [2.24, 2.45) is 10.8 Å². The molecule has 0 saturated heterocycles. The summed E-state index contributed by atoms with van der Waals surface area (Å²) in [5.41, 5.74) is 0.429. The van der Waals surface area contributed by atoms with Crippen LogP contribution in [-0.2, 0) is 16.0 Å². The van der Waals surface area contributed by atoms with Gasteiger partial charge in [-0.15, -0.1) is 0 Å². The molecule has 1 atom stereocenters. The maximum Gasteiger partial charge on any atom is 0.221 e. The Morgan fingerprint density at radius 2 is 1.73 bits per heavy atom. The molecule has 5 nitrogen and oxygen atoms in total. The highest BCUT2D eigenvalue weighted by atomic mass is 19.1. The van der Waals surface area contributed by atoms with E-state index in [0.29, 0.717) is 17.5 Å². The Bertz CT molecular complexity index is 797. The predicted molar refractivity (Wildman–Crippen MR) is 98.6 cm³/mol. The first-order valence-corrected chi connectivity index (χ1v) is 8.70. The number of ketones is 1. The van der Waals surface area contributed by atoms with Crippen LogP contribution in [0.4, 0.5) is 10.1 Å². The van der Waals surface area contributed by atoms with Crippen molar-refractivity contribution in [3.8, 4) is 0 Å². The first kappa shape index (κ1) is 20.1. The number of rotatable bonds is 2. The van der Waals surface area contributed by atoms with Gasteiger partial charge in [0.2, 0.25) is 11.8 Å². The number of carbonyl (C=O) groups is 3. The van der Waals surface area contributed by atoms with Crippen molar-refractivity contribution in [2.45, 2.75) is 60.9 Å². The minimum absolute atomic E-state index is 0.157. The molecule has 0 spiro atoms. The van der Waals surface area contributed by atoms with E-state index in [9.17, 15) is 18.8 Å². The number of hydrogen-bond donors (Lipinski definition) is 2. The van der Waals surface area contributed by atoms with Crippen LogP contribution in [0.1, 0.15) is 63.0 Å². The number of amides is 2. The molecular formula is C20H27FN2O3. The lowest BCUT2D eigenvalue weighted by Crippen LogP contribution is -2.54. The number of anilines is 1. The van der Waals surface area contributed by atoms with Crippen LogP contribution >= 0.6 is 0 Å². The molecule has 1 aliphatic rings. The molecule has 1 unspecified atom stereocenters. The van der Waals surface area contributed by atoms with E-state index in [1.165, 1.54) is 19.9 Å². The zero-order valence-corrected chi connectivity index (χ0v) is 16.5. The molecule has 0 bridgehead atoms. The quantitative estimate of drug-likeness (QED) is 0.792. The molecule has 2 amide bonds. The molecule has 0 saturated carbocycles. The first-order chi connectivity index (χ1) is 11.8. The minimum Gasteiger partial charge on any atom is -0.346 e. The zero-order chi connectivity index (χ0) is 20.0. The molecule has 2 N–H and O–H groups in total. The number of halogens is 1. The molecule has 1 aliphatic carbocycles. The fraction of sp³-hybridized carbons (Fsp3) is 0.550. The van der Waals surface area contributed by atoms with Gasteiger partial charge in [0.25, 0.3) is 0 Å². The second-order valence-corrected chi connectivity index (χ2v) is 8.35. The number of carbonyl (C=O) groups excluding carboxylic acids is 3. The van der Waals surface area contributed by atoms with Crippen molar-refractivity contribution >= 4 is 23.3 Å². The summed E-state index contributed by atoms with van der Waals surface area (Å²) in [7, 11) is 0. The van der Waals surface area contributed by atoms with E-state index >= 15 is 0 Å². The lowest BCUT2D eigenvalue weighted by atomic mass is 9.62. The summed E-state index contributed by atoms with van der Waals surface area (Å²) < 4.78 is 14.5. The largest absolute Gasteiger partial charge is 0.346 e. The number of hydrogen-bond acceptors (Lipinski definition) is 3. The van der Waals surface area contributed by atoms with Gasteiger partial charge < -0.3 is 10.6 Å². The fourth-order valence-electron chi connectivity index (χ4n) is 3.57. The predicted octanol–water partition coefficient (Wildman–Crippen LogP) is 3.39. The molecular weight excluding hydrogens is 335 g/mol. The van der Waals surface area contributed by atoms with E-state index in [1.807, 2.05) is 27.7 Å². The summed E-state index contributed by atoms with van der Waals surface area (Å²) >= 11 is 0. The van der Waals surface area contributed by atoms with Crippen molar-refractivity contribution in [1.29, 1.82) is 0 Å². The summed E-state index contributed by atoms with van der Waals surface area (Å²) in [6, 6.07) is 0.400. The van der Waals surface area contributed by atoms with Crippen molar-refractivity contribution in [3.05, 3.63) is 28.6 Å². The van der Waals surface area contributed by atoms with Gasteiger partial charge in [-0.1, -0.05) is 27.7 Å². The number of Topliss-reactive ketones (excluding diaryl/α,β-unsaturated/α-hetero) is 1. The Labute approximate surface area is 153 Å². The molecule has 6 heteroatoms. The van der Waals surface area contributed by atoms with Crippen molar-refractivity contribution in [1.82, 2.24) is 5.32 Å². The van der Waals surface area contributed by atoms with Crippen LogP contribution in [0, 0.1) is 23.6 Å². The summed E-state index contributed by atoms with van der Waals surface area (Å²) in [6.45, 7) is 12.2. The smallest absolute Gasteiger partial charge is 0.221 e. The van der Waals surface area contributed by atoms with Crippen LogP contribution in [0.15, 0.2) is 6.07 Å². The van der Waals surface area contributed by atoms with Crippen molar-refractivity contribution in [2.75, 3.05) is 5.32 Å². The zero-order valence-electron chi connectivity index (χ0n) is 16.5. The van der Waals surface area contributed by atoms with Gasteiger partial charge in [0.15, 0.2) is 5.78 Å². The second-order valence-electron chi connectivity index (χ2n) is 8.35. The van der Waals surface area contributed by atoms with Gasteiger partial charge in [-0.25, -0.2) is 4.39 Å². The lowest BCUT2D eigenvalue weighted by molar-refractivity contribution is -0.120. The van der Waals surface area contributed by atoms with Crippen molar-refractivity contribution < 1.29 is 18.8 Å². The molecule has 2 rings (SSSR count). The van der Waals surface area contributed by atoms with Gasteiger partial charge in [-0.3, -0.25) is 14.4 Å². The average Bonchev–Trinajstić information content (AvgIpc) is 2.52. The van der Waals surface area contributed by atoms with Crippen LogP contribution < -0.4 is 10.6 Å². The molecule has 0 heterocycles. The van der Waals surface area contributed by atoms with E-state index in [-0.39, 0.29) is 28.8 Å². The average molecular weight is 362 g/mol. The number of nitrogens with one attached hydrogen (secondary N) is 2. The third kappa shape index (κ3) is 3.24. The van der Waals surface area contributed by atoms with E-state index < -0.39 is 22.7 Å². The number of fused-ring (bicyclic) bond motifs is 1. The Morgan fingerprint density at radius 3 is 2.23 bits per heavy atom. The van der Waals surface area contributed by atoms with Crippen LogP contribution in [-0.4, -0.2) is 23.6 Å². The van der Waals surface area contributed by atoms with E-state index in [1.54, 1.807) is 6.92 Å². The van der Waals surface area contributed by atoms with E-state index in [2.05, 4.69) is 10.6 Å². The SMILES string of the molecule is CC(=O)Nc1cc(F)c(C)c2c1C(=O)C(NC(C)=O)C(C)(C)C(C)(C)C2. The van der Waals surface area contributed by atoms with Crippen LogP contribution in [0.5, 0.6) is 0 Å². The third-order valence-electron chi connectivity index (χ3n) is 5.90. The highest BCUT2D eigenvalue weighted by Gasteiger charge is 2.50. The summed E-state index contributed by atoms with van der Waals surface area (Å²) in [5, 5.41) is 5.35. The normalized spacial score (nSPS) is 20.8. The maximum absolute atomic E-state index is 14.5. The Balaban J connectivity index is 2.83. The highest BCUT2D eigenvalue weighted by molar-refractivity contribution is 6.10. The van der Waals surface area contributed by atoms with Crippen LogP contribution in [0.2, 0.25) is 0 Å². The van der Waals surface area contributed by atoms with Crippen LogP contribution in [0.25, 0.3) is 0 Å². The molecule has 1 aromatic rings. The van der Waals surface area contributed by atoms with Gasteiger partial charge in [0.1, 0.15) is 5.82 Å². The Kier molecular flexibility index (Phi) is 5.01. The van der Waals surface area contributed by atoms with Gasteiger partial charge in [0, 0.05) is 19.4 Å². The third-order valence-corrected chi connectivity index (χ3v) is 5.90. The molecule has 0 radical (unpaired) electrons. The topological polar surface area (TPSA) is 75.3 Å². The summed E-state index contributed by atoms with van der Waals surface area (Å²) in [5.74, 6) is -1.47. The molecule has 0 fully saturated rings. The van der Waals surface area contributed by atoms with Gasteiger partial charge >= 0.3 is 0 Å². The first-order valence-electron chi connectivity index (χ1n) is 8.70. The second kappa shape index (κ2) is 6.49. The van der Waals surface area contributed by atoms with Crippen LogP contribution in [0.3, 0.4) is 0 Å². The molecule has 0 aliphatic heterocycles. The van der Waals surface area contributed by atoms with Gasteiger partial charge in [-0.05, 0) is 41.4 Å². The minimum atomic E-state index is -0.784. The monoisotopic (exact) mass is 362 g/mol. The molecule has 0 aromatic heterocycles. The molecule has 142 valence electrons. The molecule has 1 aromatic carbocycles. The maximum atomic E-state index is 14.5.